The van der Waals surface area contributed by atoms with Gasteiger partial charge < -0.3 is 9.67 Å². The van der Waals surface area contributed by atoms with Gasteiger partial charge in [-0.1, -0.05) is 0 Å². The summed E-state index contributed by atoms with van der Waals surface area (Å²) in [5.74, 6) is -0.971. The van der Waals surface area contributed by atoms with Gasteiger partial charge in [-0.25, -0.2) is 9.78 Å². The van der Waals surface area contributed by atoms with E-state index in [9.17, 15) is 4.79 Å². The molecule has 5 nitrogen and oxygen atoms in total. The zero-order valence-electron chi connectivity index (χ0n) is 7.87. The summed E-state index contributed by atoms with van der Waals surface area (Å²) in [6.07, 6.45) is 6.47. The molecule has 0 radical (unpaired) electrons. The largest absolute Gasteiger partial charge is 0.475 e. The standard InChI is InChI=1S/C10H9N3O2/c14-10(15)9-12-5-6-13(9)7-8-1-3-11-4-2-8/h1-6H,7H2,(H,14,15). The lowest BCUT2D eigenvalue weighted by Gasteiger charge is -2.04. The van der Waals surface area contributed by atoms with Crippen LogP contribution in [0.4, 0.5) is 0 Å². The Labute approximate surface area is 86.0 Å². The maximum Gasteiger partial charge on any atom is 0.372 e. The lowest BCUT2D eigenvalue weighted by atomic mass is 10.3. The predicted octanol–water partition coefficient (Wildman–Crippen LogP) is 1.02. The van der Waals surface area contributed by atoms with E-state index in [1.807, 2.05) is 12.1 Å². The van der Waals surface area contributed by atoms with E-state index in [0.717, 1.165) is 5.56 Å². The Bertz CT molecular complexity index is 465. The Morgan fingerprint density at radius 3 is 2.73 bits per heavy atom. The van der Waals surface area contributed by atoms with Gasteiger partial charge in [0.15, 0.2) is 0 Å². The molecule has 0 bridgehead atoms. The fraction of sp³-hybridized carbons (Fsp3) is 0.100. The normalized spacial score (nSPS) is 10.1. The first-order valence-corrected chi connectivity index (χ1v) is 4.40. The molecule has 0 spiro atoms. The number of carbonyl (C=O) groups is 1. The number of imidazole rings is 1. The van der Waals surface area contributed by atoms with E-state index in [1.54, 1.807) is 23.2 Å². The van der Waals surface area contributed by atoms with E-state index >= 15 is 0 Å². The van der Waals surface area contributed by atoms with Crippen LogP contribution in [0.25, 0.3) is 0 Å². The highest BCUT2D eigenvalue weighted by atomic mass is 16.4. The molecule has 0 aliphatic carbocycles. The van der Waals surface area contributed by atoms with Gasteiger partial charge in [0.2, 0.25) is 5.82 Å². The topological polar surface area (TPSA) is 68.0 Å². The fourth-order valence-electron chi connectivity index (χ4n) is 1.32. The molecule has 0 aliphatic rings. The fourth-order valence-corrected chi connectivity index (χ4v) is 1.32. The summed E-state index contributed by atoms with van der Waals surface area (Å²) in [6.45, 7) is 0.490. The molecule has 1 N–H and O–H groups in total. The van der Waals surface area contributed by atoms with Crippen LogP contribution in [0.5, 0.6) is 0 Å². The first-order chi connectivity index (χ1) is 7.27. The third-order valence-corrected chi connectivity index (χ3v) is 2.01. The number of aromatic nitrogens is 3. The summed E-state index contributed by atoms with van der Waals surface area (Å²) >= 11 is 0. The Hall–Kier alpha value is -2.17. The monoisotopic (exact) mass is 203 g/mol. The Kier molecular flexibility index (Phi) is 2.45. The zero-order chi connectivity index (χ0) is 10.7. The van der Waals surface area contributed by atoms with Gasteiger partial charge in [0.1, 0.15) is 0 Å². The van der Waals surface area contributed by atoms with Crippen LogP contribution in [0.1, 0.15) is 16.2 Å². The van der Waals surface area contributed by atoms with Crippen molar-refractivity contribution in [3.63, 3.8) is 0 Å². The smallest absolute Gasteiger partial charge is 0.372 e. The molecule has 0 aromatic carbocycles. The summed E-state index contributed by atoms with van der Waals surface area (Å²) in [7, 11) is 0. The molecule has 2 rings (SSSR count). The molecule has 0 saturated heterocycles. The molecule has 0 atom stereocenters. The second-order valence-electron chi connectivity index (χ2n) is 3.04. The summed E-state index contributed by atoms with van der Waals surface area (Å²) in [5, 5.41) is 8.84. The average molecular weight is 203 g/mol. The van der Waals surface area contributed by atoms with Gasteiger partial charge in [-0.3, -0.25) is 4.98 Å². The molecular weight excluding hydrogens is 194 g/mol. The summed E-state index contributed by atoms with van der Waals surface area (Å²) < 4.78 is 1.58. The minimum atomic E-state index is -1.02. The molecule has 76 valence electrons. The van der Waals surface area contributed by atoms with Crippen LogP contribution in [0.15, 0.2) is 36.9 Å². The van der Waals surface area contributed by atoms with Gasteiger partial charge in [-0.2, -0.15) is 0 Å². The molecule has 2 aromatic rings. The number of pyridine rings is 1. The van der Waals surface area contributed by atoms with Gasteiger partial charge in [0.05, 0.1) is 0 Å². The minimum Gasteiger partial charge on any atom is -0.475 e. The van der Waals surface area contributed by atoms with Crippen molar-refractivity contribution in [2.24, 2.45) is 0 Å². The average Bonchev–Trinajstić information content (AvgIpc) is 2.67. The first kappa shape index (κ1) is 9.39. The van der Waals surface area contributed by atoms with Crippen molar-refractivity contribution in [3.05, 3.63) is 48.3 Å². The molecule has 5 heteroatoms. The van der Waals surface area contributed by atoms with Crippen LogP contribution in [0.2, 0.25) is 0 Å². The van der Waals surface area contributed by atoms with Crippen LogP contribution in [-0.4, -0.2) is 25.6 Å². The van der Waals surface area contributed by atoms with E-state index in [-0.39, 0.29) is 5.82 Å². The van der Waals surface area contributed by atoms with Crippen LogP contribution >= 0.6 is 0 Å². The number of hydrogen-bond donors (Lipinski definition) is 1. The number of aromatic carboxylic acids is 1. The van der Waals surface area contributed by atoms with Gasteiger partial charge in [0, 0.05) is 31.3 Å². The van der Waals surface area contributed by atoms with Gasteiger partial charge in [0.25, 0.3) is 0 Å². The molecule has 0 amide bonds. The Balaban J connectivity index is 2.25. The summed E-state index contributed by atoms with van der Waals surface area (Å²) in [6, 6.07) is 3.68. The molecule has 0 unspecified atom stereocenters. The van der Waals surface area contributed by atoms with Crippen molar-refractivity contribution in [1.82, 2.24) is 14.5 Å². The summed E-state index contributed by atoms with van der Waals surface area (Å²) in [5.41, 5.74) is 0.991. The van der Waals surface area contributed by atoms with Crippen molar-refractivity contribution >= 4 is 5.97 Å². The van der Waals surface area contributed by atoms with Crippen molar-refractivity contribution in [1.29, 1.82) is 0 Å². The maximum atomic E-state index is 10.8. The van der Waals surface area contributed by atoms with E-state index in [0.29, 0.717) is 6.54 Å². The Morgan fingerprint density at radius 2 is 2.07 bits per heavy atom. The molecular formula is C10H9N3O2. The van der Waals surface area contributed by atoms with Crippen molar-refractivity contribution in [3.8, 4) is 0 Å². The highest BCUT2D eigenvalue weighted by Crippen LogP contribution is 2.04. The van der Waals surface area contributed by atoms with Crippen LogP contribution in [-0.2, 0) is 6.54 Å². The minimum absolute atomic E-state index is 0.0480. The lowest BCUT2D eigenvalue weighted by molar-refractivity contribution is 0.0679. The predicted molar refractivity (Wildman–Crippen MR) is 52.5 cm³/mol. The van der Waals surface area contributed by atoms with Crippen molar-refractivity contribution in [2.75, 3.05) is 0 Å². The van der Waals surface area contributed by atoms with Crippen molar-refractivity contribution in [2.45, 2.75) is 6.54 Å². The third-order valence-electron chi connectivity index (χ3n) is 2.01. The lowest BCUT2D eigenvalue weighted by Crippen LogP contribution is -2.09. The number of hydrogen-bond acceptors (Lipinski definition) is 3. The molecule has 0 aliphatic heterocycles. The second kappa shape index (κ2) is 3.91. The third kappa shape index (κ3) is 2.01. The molecule has 15 heavy (non-hydrogen) atoms. The second-order valence-corrected chi connectivity index (χ2v) is 3.04. The molecule has 2 heterocycles. The van der Waals surface area contributed by atoms with Crippen molar-refractivity contribution < 1.29 is 9.90 Å². The number of nitrogens with zero attached hydrogens (tertiary/aromatic N) is 3. The number of carboxylic acid groups (broad SMARTS) is 1. The van der Waals surface area contributed by atoms with Crippen LogP contribution in [0.3, 0.4) is 0 Å². The quantitative estimate of drug-likeness (QED) is 0.808. The van der Waals surface area contributed by atoms with Crippen LogP contribution in [0, 0.1) is 0 Å². The van der Waals surface area contributed by atoms with E-state index in [1.165, 1.54) is 6.20 Å². The first-order valence-electron chi connectivity index (χ1n) is 4.40. The maximum absolute atomic E-state index is 10.8. The van der Waals surface area contributed by atoms with Gasteiger partial charge in [-0.15, -0.1) is 0 Å². The van der Waals surface area contributed by atoms with Crippen LogP contribution < -0.4 is 0 Å². The SMILES string of the molecule is O=C(O)c1nccn1Cc1ccncc1. The number of rotatable bonds is 3. The molecule has 0 fully saturated rings. The van der Waals surface area contributed by atoms with Gasteiger partial charge >= 0.3 is 5.97 Å². The Morgan fingerprint density at radius 1 is 1.33 bits per heavy atom. The zero-order valence-corrected chi connectivity index (χ0v) is 7.87. The molecule has 2 aromatic heterocycles. The molecule has 0 saturated carbocycles. The highest BCUT2D eigenvalue weighted by Gasteiger charge is 2.10. The van der Waals surface area contributed by atoms with E-state index in [2.05, 4.69) is 9.97 Å². The van der Waals surface area contributed by atoms with E-state index in [4.69, 9.17) is 5.11 Å². The number of carboxylic acids is 1. The van der Waals surface area contributed by atoms with E-state index < -0.39 is 5.97 Å². The summed E-state index contributed by atoms with van der Waals surface area (Å²) in [4.78, 5) is 18.4. The highest BCUT2D eigenvalue weighted by molar-refractivity contribution is 5.83. The van der Waals surface area contributed by atoms with Gasteiger partial charge in [-0.05, 0) is 17.7 Å².